The Balaban J connectivity index is 2.02. The molecule has 31 heavy (non-hydrogen) atoms. The second-order valence-electron chi connectivity index (χ2n) is 9.88. The summed E-state index contributed by atoms with van der Waals surface area (Å²) < 4.78 is 0.412. The maximum atomic E-state index is 11.7. The highest BCUT2D eigenvalue weighted by Gasteiger charge is 2.39. The highest BCUT2D eigenvalue weighted by atomic mass is 16.6. The van der Waals surface area contributed by atoms with Crippen molar-refractivity contribution in [2.45, 2.75) is 116 Å². The Kier molecular flexibility index (Phi) is 15.3. The van der Waals surface area contributed by atoms with Gasteiger partial charge in [-0.15, -0.1) is 0 Å². The molecular weight excluding hydrogens is 384 g/mol. The molecule has 0 heterocycles. The van der Waals surface area contributed by atoms with Gasteiger partial charge in [-0.2, -0.15) is 0 Å². The molecule has 0 radical (unpaired) electrons. The van der Waals surface area contributed by atoms with Crippen LogP contribution in [0.2, 0.25) is 0 Å². The number of nitrogens with zero attached hydrogens (tertiary/aromatic N) is 2. The lowest BCUT2D eigenvalue weighted by atomic mass is 10.0. The molecule has 0 N–H and O–H groups in total. The predicted octanol–water partition coefficient (Wildman–Crippen LogP) is 8.30. The molecular formula is C27H49N2O2+. The van der Waals surface area contributed by atoms with Crippen LogP contribution in [0.4, 0.5) is 0 Å². The van der Waals surface area contributed by atoms with Crippen LogP contribution in [0.15, 0.2) is 30.3 Å². The monoisotopic (exact) mass is 433 g/mol. The second kappa shape index (κ2) is 17.2. The van der Waals surface area contributed by atoms with Crippen molar-refractivity contribution in [3.63, 3.8) is 0 Å². The summed E-state index contributed by atoms with van der Waals surface area (Å²) in [6.45, 7) is 3.12. The van der Waals surface area contributed by atoms with Gasteiger partial charge >= 0.3 is 6.17 Å². The van der Waals surface area contributed by atoms with Gasteiger partial charge in [0.15, 0.2) is 0 Å². The van der Waals surface area contributed by atoms with Crippen LogP contribution in [0, 0.1) is 10.1 Å². The van der Waals surface area contributed by atoms with Crippen LogP contribution in [-0.2, 0) is 0 Å². The van der Waals surface area contributed by atoms with E-state index in [9.17, 15) is 10.1 Å². The first kappa shape index (κ1) is 27.6. The van der Waals surface area contributed by atoms with E-state index in [1.54, 1.807) is 0 Å². The molecule has 0 saturated carbocycles. The Hall–Kier alpha value is -1.42. The van der Waals surface area contributed by atoms with E-state index in [1.807, 2.05) is 44.4 Å². The molecule has 1 atom stereocenters. The van der Waals surface area contributed by atoms with Gasteiger partial charge in [-0.25, -0.2) is 0 Å². The molecule has 4 nitrogen and oxygen atoms in total. The van der Waals surface area contributed by atoms with Gasteiger partial charge in [-0.3, -0.25) is 14.6 Å². The highest BCUT2D eigenvalue weighted by molar-refractivity contribution is 5.15. The van der Waals surface area contributed by atoms with Crippen LogP contribution < -0.4 is 0 Å². The fourth-order valence-electron chi connectivity index (χ4n) is 4.60. The average Bonchev–Trinajstić information content (AvgIpc) is 2.73. The lowest BCUT2D eigenvalue weighted by molar-refractivity contribution is -1.00. The number of hydrogen-bond donors (Lipinski definition) is 0. The van der Waals surface area contributed by atoms with Crippen LogP contribution in [-0.4, -0.2) is 30.0 Å². The zero-order chi connectivity index (χ0) is 22.8. The standard InChI is InChI=1S/C27H49N2O2/c1-4-5-6-7-8-9-10-11-12-13-14-15-16-17-18-22-25-29(2,3)27(28(30)31)26-23-20-19-21-24-26/h19-21,23-24,27H,4-18,22,25H2,1-3H3/q+1. The minimum absolute atomic E-state index is 0.123. The lowest BCUT2D eigenvalue weighted by Crippen LogP contribution is -2.47. The second-order valence-corrected chi connectivity index (χ2v) is 9.88. The zero-order valence-corrected chi connectivity index (χ0v) is 20.7. The lowest BCUT2D eigenvalue weighted by Gasteiger charge is -2.32. The predicted molar refractivity (Wildman–Crippen MR) is 133 cm³/mol. The van der Waals surface area contributed by atoms with Gasteiger partial charge in [0.25, 0.3) is 0 Å². The van der Waals surface area contributed by atoms with Gasteiger partial charge in [0.2, 0.25) is 0 Å². The summed E-state index contributed by atoms with van der Waals surface area (Å²) in [5.74, 6) is 0. The maximum Gasteiger partial charge on any atom is 0.362 e. The third kappa shape index (κ3) is 12.9. The smallest absolute Gasteiger partial charge is 0.262 e. The van der Waals surface area contributed by atoms with Gasteiger partial charge < -0.3 is 0 Å². The van der Waals surface area contributed by atoms with E-state index in [0.29, 0.717) is 4.48 Å². The summed E-state index contributed by atoms with van der Waals surface area (Å²) in [6.07, 6.45) is 20.9. The minimum Gasteiger partial charge on any atom is -0.262 e. The van der Waals surface area contributed by atoms with Crippen molar-refractivity contribution >= 4 is 0 Å². The number of unbranched alkanes of at least 4 members (excludes halogenated alkanes) is 15. The Morgan fingerprint density at radius 1 is 0.710 bits per heavy atom. The first-order valence-electron chi connectivity index (χ1n) is 13.0. The molecule has 0 aromatic heterocycles. The first-order valence-corrected chi connectivity index (χ1v) is 13.0. The molecule has 0 amide bonds. The topological polar surface area (TPSA) is 43.1 Å². The molecule has 0 bridgehead atoms. The van der Waals surface area contributed by atoms with Crippen LogP contribution in [0.3, 0.4) is 0 Å². The van der Waals surface area contributed by atoms with E-state index < -0.39 is 6.17 Å². The third-order valence-electron chi connectivity index (χ3n) is 6.55. The molecule has 0 aliphatic rings. The highest BCUT2D eigenvalue weighted by Crippen LogP contribution is 2.26. The molecule has 1 unspecified atom stereocenters. The van der Waals surface area contributed by atoms with E-state index in [2.05, 4.69) is 6.92 Å². The Morgan fingerprint density at radius 2 is 1.10 bits per heavy atom. The summed E-state index contributed by atoms with van der Waals surface area (Å²) in [7, 11) is 3.98. The fourth-order valence-corrected chi connectivity index (χ4v) is 4.60. The van der Waals surface area contributed by atoms with Crippen molar-refractivity contribution in [2.75, 3.05) is 20.6 Å². The quantitative estimate of drug-likeness (QED) is 0.0682. The van der Waals surface area contributed by atoms with Crippen LogP contribution in [0.1, 0.15) is 121 Å². The molecule has 0 fully saturated rings. The average molecular weight is 434 g/mol. The molecule has 178 valence electrons. The van der Waals surface area contributed by atoms with E-state index in [4.69, 9.17) is 0 Å². The number of hydrogen-bond acceptors (Lipinski definition) is 2. The van der Waals surface area contributed by atoms with Gasteiger partial charge in [-0.05, 0) is 25.0 Å². The van der Waals surface area contributed by atoms with Crippen molar-refractivity contribution in [1.29, 1.82) is 0 Å². The van der Waals surface area contributed by atoms with E-state index >= 15 is 0 Å². The van der Waals surface area contributed by atoms with Gasteiger partial charge in [-0.1, -0.05) is 115 Å². The fraction of sp³-hybridized carbons (Fsp3) is 0.778. The molecule has 1 aromatic carbocycles. The number of quaternary nitrogens is 1. The van der Waals surface area contributed by atoms with Crippen molar-refractivity contribution in [3.05, 3.63) is 46.0 Å². The molecule has 0 aliphatic heterocycles. The zero-order valence-electron chi connectivity index (χ0n) is 20.7. The summed E-state index contributed by atoms with van der Waals surface area (Å²) in [6, 6.07) is 9.44. The number of rotatable bonds is 20. The summed E-state index contributed by atoms with van der Waals surface area (Å²) in [4.78, 5) is 11.6. The van der Waals surface area contributed by atoms with Gasteiger partial charge in [0.1, 0.15) is 0 Å². The largest absolute Gasteiger partial charge is 0.362 e. The van der Waals surface area contributed by atoms with Gasteiger partial charge in [0, 0.05) is 0 Å². The van der Waals surface area contributed by atoms with E-state index in [0.717, 1.165) is 18.5 Å². The molecule has 1 rings (SSSR count). The normalized spacial score (nSPS) is 12.7. The molecule has 0 aliphatic carbocycles. The van der Waals surface area contributed by atoms with Crippen molar-refractivity contribution < 1.29 is 9.41 Å². The van der Waals surface area contributed by atoms with Crippen molar-refractivity contribution in [1.82, 2.24) is 0 Å². The van der Waals surface area contributed by atoms with Crippen LogP contribution in [0.5, 0.6) is 0 Å². The summed E-state index contributed by atoms with van der Waals surface area (Å²) in [5.41, 5.74) is 0.800. The number of nitro groups is 1. The third-order valence-corrected chi connectivity index (χ3v) is 6.55. The SMILES string of the molecule is CCCCCCCCCCCCCCCCCC[N+](C)(C)C(c1ccccc1)[N+](=O)[O-]. The molecule has 0 spiro atoms. The summed E-state index contributed by atoms with van der Waals surface area (Å²) >= 11 is 0. The van der Waals surface area contributed by atoms with Crippen LogP contribution in [0.25, 0.3) is 0 Å². The van der Waals surface area contributed by atoms with Crippen molar-refractivity contribution in [3.8, 4) is 0 Å². The Labute approximate surface area is 192 Å². The van der Waals surface area contributed by atoms with E-state index in [1.165, 1.54) is 96.3 Å². The number of benzene rings is 1. The Morgan fingerprint density at radius 3 is 1.48 bits per heavy atom. The first-order chi connectivity index (χ1) is 15.0. The minimum atomic E-state index is -0.683. The van der Waals surface area contributed by atoms with Crippen molar-refractivity contribution in [2.24, 2.45) is 0 Å². The molecule has 4 heteroatoms. The van der Waals surface area contributed by atoms with Crippen LogP contribution >= 0.6 is 0 Å². The maximum absolute atomic E-state index is 11.7. The molecule has 1 aromatic rings. The Bertz CT molecular complexity index is 560. The van der Waals surface area contributed by atoms with Gasteiger partial charge in [0.05, 0.1) is 31.1 Å². The summed E-state index contributed by atoms with van der Waals surface area (Å²) in [5, 5.41) is 11.7. The van der Waals surface area contributed by atoms with E-state index in [-0.39, 0.29) is 4.92 Å². The molecule has 0 saturated heterocycles.